The molecule has 1 saturated carbocycles. The lowest BCUT2D eigenvalue weighted by atomic mass is 10.0. The van der Waals surface area contributed by atoms with Crippen LogP contribution in [0.25, 0.3) is 0 Å². The van der Waals surface area contributed by atoms with E-state index in [-0.39, 0.29) is 0 Å². The smallest absolute Gasteiger partial charge is 0.225 e. The van der Waals surface area contributed by atoms with Crippen LogP contribution in [0.3, 0.4) is 0 Å². The largest absolute Gasteiger partial charge is 0.465 e. The number of amides is 1. The first-order chi connectivity index (χ1) is 9.22. The minimum atomic E-state index is 0.357. The molecule has 3 rings (SSSR count). The molecule has 1 amide bonds. The third-order valence-corrected chi connectivity index (χ3v) is 4.09. The maximum Gasteiger partial charge on any atom is 0.225 e. The molecule has 1 saturated heterocycles. The van der Waals surface area contributed by atoms with Gasteiger partial charge in [-0.2, -0.15) is 0 Å². The van der Waals surface area contributed by atoms with Gasteiger partial charge in [0.15, 0.2) is 0 Å². The molecule has 1 aliphatic heterocycles. The lowest BCUT2D eigenvalue weighted by Crippen LogP contribution is -2.45. The van der Waals surface area contributed by atoms with Crippen LogP contribution in [0.15, 0.2) is 16.5 Å². The summed E-state index contributed by atoms with van der Waals surface area (Å²) in [7, 11) is 0. The molecule has 0 unspecified atom stereocenters. The number of nitrogens with zero attached hydrogens (tertiary/aromatic N) is 1. The molecule has 0 radical (unpaired) electrons. The Balaban J connectivity index is 1.41. The fourth-order valence-electron chi connectivity index (χ4n) is 2.72. The second-order valence-electron chi connectivity index (χ2n) is 5.77. The summed E-state index contributed by atoms with van der Waals surface area (Å²) in [6.45, 7) is 4.56. The van der Waals surface area contributed by atoms with E-state index in [1.165, 1.54) is 0 Å². The van der Waals surface area contributed by atoms with Crippen molar-refractivity contribution in [1.29, 1.82) is 0 Å². The summed E-state index contributed by atoms with van der Waals surface area (Å²) in [6, 6.07) is 4.52. The predicted molar refractivity (Wildman–Crippen MR) is 72.6 cm³/mol. The first-order valence-electron chi connectivity index (χ1n) is 7.30. The number of carbonyl (C=O) groups is 1. The zero-order chi connectivity index (χ0) is 13.2. The SMILES string of the molecule is Cc1ccc(CNC2CCN(C(=O)C3CC3)CC2)o1. The molecule has 2 heterocycles. The Labute approximate surface area is 114 Å². The van der Waals surface area contributed by atoms with Gasteiger partial charge in [0.25, 0.3) is 0 Å². The fourth-order valence-corrected chi connectivity index (χ4v) is 2.72. The average Bonchev–Trinajstić information content (AvgIpc) is 3.19. The van der Waals surface area contributed by atoms with Gasteiger partial charge in [-0.15, -0.1) is 0 Å². The van der Waals surface area contributed by atoms with Crippen LogP contribution in [0.1, 0.15) is 37.2 Å². The second kappa shape index (κ2) is 5.37. The highest BCUT2D eigenvalue weighted by molar-refractivity contribution is 5.81. The molecule has 2 fully saturated rings. The quantitative estimate of drug-likeness (QED) is 0.903. The number of carbonyl (C=O) groups excluding carboxylic acids is 1. The van der Waals surface area contributed by atoms with Crippen LogP contribution in [-0.4, -0.2) is 29.9 Å². The lowest BCUT2D eigenvalue weighted by molar-refractivity contribution is -0.133. The van der Waals surface area contributed by atoms with Gasteiger partial charge < -0.3 is 14.6 Å². The monoisotopic (exact) mass is 262 g/mol. The van der Waals surface area contributed by atoms with Gasteiger partial charge in [-0.3, -0.25) is 4.79 Å². The topological polar surface area (TPSA) is 45.5 Å². The maximum absolute atomic E-state index is 11.9. The number of piperidine rings is 1. The van der Waals surface area contributed by atoms with Crippen molar-refractivity contribution in [2.24, 2.45) is 5.92 Å². The highest BCUT2D eigenvalue weighted by Gasteiger charge is 2.34. The normalized spacial score (nSPS) is 20.8. The van der Waals surface area contributed by atoms with Gasteiger partial charge >= 0.3 is 0 Å². The molecule has 1 N–H and O–H groups in total. The number of hydrogen-bond acceptors (Lipinski definition) is 3. The fraction of sp³-hybridized carbons (Fsp3) is 0.667. The molecule has 0 aromatic carbocycles. The van der Waals surface area contributed by atoms with Crippen molar-refractivity contribution in [2.45, 2.75) is 45.2 Å². The minimum Gasteiger partial charge on any atom is -0.465 e. The Morgan fingerprint density at radius 2 is 2.05 bits per heavy atom. The molecule has 0 bridgehead atoms. The van der Waals surface area contributed by atoms with Gasteiger partial charge in [-0.25, -0.2) is 0 Å². The molecule has 1 aromatic rings. The van der Waals surface area contributed by atoms with Crippen LogP contribution in [0.5, 0.6) is 0 Å². The highest BCUT2D eigenvalue weighted by Crippen LogP contribution is 2.31. The van der Waals surface area contributed by atoms with E-state index in [2.05, 4.69) is 5.32 Å². The summed E-state index contributed by atoms with van der Waals surface area (Å²) < 4.78 is 5.55. The van der Waals surface area contributed by atoms with E-state index in [1.54, 1.807) is 0 Å². The van der Waals surface area contributed by atoms with Gasteiger partial charge in [0.1, 0.15) is 11.5 Å². The van der Waals surface area contributed by atoms with Crippen molar-refractivity contribution in [2.75, 3.05) is 13.1 Å². The number of hydrogen-bond donors (Lipinski definition) is 1. The van der Waals surface area contributed by atoms with Gasteiger partial charge in [-0.1, -0.05) is 0 Å². The van der Waals surface area contributed by atoms with Gasteiger partial charge in [-0.05, 0) is 44.7 Å². The summed E-state index contributed by atoms with van der Waals surface area (Å²) in [6.07, 6.45) is 4.32. The second-order valence-corrected chi connectivity index (χ2v) is 5.77. The Morgan fingerprint density at radius 3 is 2.63 bits per heavy atom. The molecular weight excluding hydrogens is 240 g/mol. The molecule has 1 aromatic heterocycles. The summed E-state index contributed by atoms with van der Waals surface area (Å²) in [5.74, 6) is 2.70. The summed E-state index contributed by atoms with van der Waals surface area (Å²) in [5, 5.41) is 3.52. The number of furan rings is 1. The molecule has 104 valence electrons. The van der Waals surface area contributed by atoms with E-state index in [4.69, 9.17) is 4.42 Å². The van der Waals surface area contributed by atoms with Crippen molar-refractivity contribution in [3.05, 3.63) is 23.7 Å². The van der Waals surface area contributed by atoms with E-state index in [0.29, 0.717) is 17.9 Å². The highest BCUT2D eigenvalue weighted by atomic mass is 16.3. The first kappa shape index (κ1) is 12.7. The van der Waals surface area contributed by atoms with Gasteiger partial charge in [0.05, 0.1) is 6.54 Å². The number of aryl methyl sites for hydroxylation is 1. The first-order valence-corrected chi connectivity index (χ1v) is 7.30. The molecule has 1 aliphatic carbocycles. The average molecular weight is 262 g/mol. The van der Waals surface area contributed by atoms with Crippen molar-refractivity contribution in [3.63, 3.8) is 0 Å². The Bertz CT molecular complexity index is 443. The van der Waals surface area contributed by atoms with Crippen molar-refractivity contribution in [1.82, 2.24) is 10.2 Å². The zero-order valence-corrected chi connectivity index (χ0v) is 11.5. The molecule has 0 spiro atoms. The van der Waals surface area contributed by atoms with Crippen LogP contribution in [-0.2, 0) is 11.3 Å². The van der Waals surface area contributed by atoms with Gasteiger partial charge in [0.2, 0.25) is 5.91 Å². The Kier molecular flexibility index (Phi) is 3.60. The number of likely N-dealkylation sites (tertiary alicyclic amines) is 1. The van der Waals surface area contributed by atoms with Crippen LogP contribution in [0.2, 0.25) is 0 Å². The summed E-state index contributed by atoms with van der Waals surface area (Å²) in [5.41, 5.74) is 0. The number of rotatable bonds is 4. The van der Waals surface area contributed by atoms with Crippen LogP contribution in [0, 0.1) is 12.8 Å². The standard InChI is InChI=1S/C15H22N2O2/c1-11-2-5-14(19-11)10-16-13-6-8-17(9-7-13)15(18)12-3-4-12/h2,5,12-13,16H,3-4,6-10H2,1H3. The molecule has 4 nitrogen and oxygen atoms in total. The molecule has 0 atom stereocenters. The Morgan fingerprint density at radius 1 is 1.32 bits per heavy atom. The van der Waals surface area contributed by atoms with Crippen molar-refractivity contribution < 1.29 is 9.21 Å². The molecule has 19 heavy (non-hydrogen) atoms. The zero-order valence-electron chi connectivity index (χ0n) is 11.5. The van der Waals surface area contributed by atoms with E-state index in [0.717, 1.165) is 56.8 Å². The number of nitrogens with one attached hydrogen (secondary N) is 1. The summed E-state index contributed by atoms with van der Waals surface area (Å²) >= 11 is 0. The van der Waals surface area contributed by atoms with Crippen molar-refractivity contribution >= 4 is 5.91 Å². The van der Waals surface area contributed by atoms with Gasteiger partial charge in [0, 0.05) is 25.0 Å². The van der Waals surface area contributed by atoms with E-state index < -0.39 is 0 Å². The van der Waals surface area contributed by atoms with E-state index >= 15 is 0 Å². The maximum atomic E-state index is 11.9. The van der Waals surface area contributed by atoms with Crippen LogP contribution in [0.4, 0.5) is 0 Å². The van der Waals surface area contributed by atoms with Crippen LogP contribution >= 0.6 is 0 Å². The third kappa shape index (κ3) is 3.18. The van der Waals surface area contributed by atoms with E-state index in [9.17, 15) is 4.79 Å². The Hall–Kier alpha value is -1.29. The predicted octanol–water partition coefficient (Wildman–Crippen LogP) is 2.08. The van der Waals surface area contributed by atoms with Crippen LogP contribution < -0.4 is 5.32 Å². The third-order valence-electron chi connectivity index (χ3n) is 4.09. The molecule has 2 aliphatic rings. The summed E-state index contributed by atoms with van der Waals surface area (Å²) in [4.78, 5) is 14.0. The minimum absolute atomic E-state index is 0.357. The molecular formula is C15H22N2O2. The lowest BCUT2D eigenvalue weighted by Gasteiger charge is -2.32. The van der Waals surface area contributed by atoms with Crippen molar-refractivity contribution in [3.8, 4) is 0 Å². The van der Waals surface area contributed by atoms with E-state index in [1.807, 2.05) is 24.0 Å². The molecule has 4 heteroatoms.